The van der Waals surface area contributed by atoms with Crippen molar-refractivity contribution >= 4 is 48.8 Å². The number of hydrogen-bond acceptors (Lipinski definition) is 4. The van der Waals surface area contributed by atoms with Crippen LogP contribution in [0, 0.1) is 0 Å². The van der Waals surface area contributed by atoms with Crippen LogP contribution >= 0.6 is 38.6 Å². The zero-order chi connectivity index (χ0) is 13.2. The Labute approximate surface area is 128 Å². The standard InChI is InChI=1S/C14H13BrN2S2/c1-16-11(14-9(15)6-7-18-14)8-13-17-10-4-2-3-5-12(10)19-13/h2-7,11,16H,8H2,1H3. The van der Waals surface area contributed by atoms with Crippen LogP contribution in [0.25, 0.3) is 10.2 Å². The van der Waals surface area contributed by atoms with E-state index in [4.69, 9.17) is 4.98 Å². The van der Waals surface area contributed by atoms with Gasteiger partial charge in [0.1, 0.15) is 0 Å². The van der Waals surface area contributed by atoms with Gasteiger partial charge in [0.25, 0.3) is 0 Å². The largest absolute Gasteiger partial charge is 0.312 e. The van der Waals surface area contributed by atoms with Gasteiger partial charge in [-0.05, 0) is 46.6 Å². The topological polar surface area (TPSA) is 24.9 Å². The quantitative estimate of drug-likeness (QED) is 0.740. The molecule has 98 valence electrons. The molecule has 0 spiro atoms. The number of nitrogens with zero attached hydrogens (tertiary/aromatic N) is 1. The summed E-state index contributed by atoms with van der Waals surface area (Å²) in [5.41, 5.74) is 1.10. The predicted molar refractivity (Wildman–Crippen MR) is 87.1 cm³/mol. The fourth-order valence-electron chi connectivity index (χ4n) is 2.06. The normalized spacial score (nSPS) is 12.9. The maximum atomic E-state index is 4.71. The number of halogens is 1. The summed E-state index contributed by atoms with van der Waals surface area (Å²) in [5.74, 6) is 0. The third-order valence-electron chi connectivity index (χ3n) is 3.03. The molecule has 3 rings (SSSR count). The van der Waals surface area contributed by atoms with Gasteiger partial charge in [-0.2, -0.15) is 0 Å². The van der Waals surface area contributed by atoms with Crippen LogP contribution < -0.4 is 5.32 Å². The van der Waals surface area contributed by atoms with Gasteiger partial charge in [0.15, 0.2) is 0 Å². The lowest BCUT2D eigenvalue weighted by atomic mass is 10.2. The van der Waals surface area contributed by atoms with Gasteiger partial charge in [-0.25, -0.2) is 4.98 Å². The lowest BCUT2D eigenvalue weighted by Gasteiger charge is -2.13. The number of fused-ring (bicyclic) bond motifs is 1. The molecule has 0 saturated heterocycles. The van der Waals surface area contributed by atoms with E-state index in [1.807, 2.05) is 13.1 Å². The average molecular weight is 353 g/mol. The van der Waals surface area contributed by atoms with Crippen LogP contribution in [0.2, 0.25) is 0 Å². The number of nitrogens with one attached hydrogen (secondary N) is 1. The Morgan fingerprint density at radius 3 is 2.84 bits per heavy atom. The van der Waals surface area contributed by atoms with Crippen LogP contribution in [0.3, 0.4) is 0 Å². The molecule has 1 N–H and O–H groups in total. The highest BCUT2D eigenvalue weighted by Gasteiger charge is 2.16. The van der Waals surface area contributed by atoms with E-state index in [2.05, 4.69) is 50.9 Å². The summed E-state index contributed by atoms with van der Waals surface area (Å²) in [6.45, 7) is 0. The molecular formula is C14H13BrN2S2. The lowest BCUT2D eigenvalue weighted by Crippen LogP contribution is -2.17. The molecular weight excluding hydrogens is 340 g/mol. The number of para-hydroxylation sites is 1. The molecule has 0 amide bonds. The number of thiazole rings is 1. The van der Waals surface area contributed by atoms with Crippen LogP contribution in [0.1, 0.15) is 15.9 Å². The Balaban J connectivity index is 1.88. The van der Waals surface area contributed by atoms with Gasteiger partial charge in [-0.1, -0.05) is 12.1 Å². The van der Waals surface area contributed by atoms with Crippen LogP contribution in [0.15, 0.2) is 40.2 Å². The van der Waals surface area contributed by atoms with Crippen molar-refractivity contribution in [2.45, 2.75) is 12.5 Å². The van der Waals surface area contributed by atoms with E-state index in [1.165, 1.54) is 19.1 Å². The number of aromatic nitrogens is 1. The smallest absolute Gasteiger partial charge is 0.0957 e. The molecule has 0 radical (unpaired) electrons. The Morgan fingerprint density at radius 2 is 2.16 bits per heavy atom. The van der Waals surface area contributed by atoms with Crippen molar-refractivity contribution in [2.24, 2.45) is 0 Å². The van der Waals surface area contributed by atoms with Crippen molar-refractivity contribution in [3.63, 3.8) is 0 Å². The zero-order valence-electron chi connectivity index (χ0n) is 10.4. The summed E-state index contributed by atoms with van der Waals surface area (Å²) in [7, 11) is 2.00. The highest BCUT2D eigenvalue weighted by atomic mass is 79.9. The highest BCUT2D eigenvalue weighted by molar-refractivity contribution is 9.10. The van der Waals surface area contributed by atoms with E-state index in [1.54, 1.807) is 22.7 Å². The Bertz CT molecular complexity index is 656. The van der Waals surface area contributed by atoms with Gasteiger partial charge >= 0.3 is 0 Å². The van der Waals surface area contributed by atoms with Crippen molar-refractivity contribution in [3.05, 3.63) is 50.1 Å². The van der Waals surface area contributed by atoms with Crippen LogP contribution in [-0.4, -0.2) is 12.0 Å². The minimum atomic E-state index is 0.315. The maximum Gasteiger partial charge on any atom is 0.0957 e. The van der Waals surface area contributed by atoms with Gasteiger partial charge in [-0.15, -0.1) is 22.7 Å². The molecule has 0 fully saturated rings. The average Bonchev–Trinajstić information content (AvgIpc) is 3.01. The molecule has 2 aromatic heterocycles. The lowest BCUT2D eigenvalue weighted by molar-refractivity contribution is 0.599. The molecule has 1 aromatic carbocycles. The second kappa shape index (κ2) is 5.71. The van der Waals surface area contributed by atoms with Crippen molar-refractivity contribution in [3.8, 4) is 0 Å². The first-order valence-electron chi connectivity index (χ1n) is 6.02. The molecule has 2 heterocycles. The Hall–Kier alpha value is -0.750. The van der Waals surface area contributed by atoms with E-state index in [0.717, 1.165) is 11.9 Å². The van der Waals surface area contributed by atoms with E-state index in [-0.39, 0.29) is 0 Å². The second-order valence-electron chi connectivity index (χ2n) is 4.25. The number of hydrogen-bond donors (Lipinski definition) is 1. The number of benzene rings is 1. The first-order valence-corrected chi connectivity index (χ1v) is 8.51. The van der Waals surface area contributed by atoms with E-state index in [0.29, 0.717) is 6.04 Å². The van der Waals surface area contributed by atoms with Gasteiger partial charge < -0.3 is 5.32 Å². The molecule has 0 aliphatic rings. The number of thiophene rings is 1. The Kier molecular flexibility index (Phi) is 3.98. The van der Waals surface area contributed by atoms with E-state index in [9.17, 15) is 0 Å². The summed E-state index contributed by atoms with van der Waals surface area (Å²) < 4.78 is 2.44. The summed E-state index contributed by atoms with van der Waals surface area (Å²) in [4.78, 5) is 6.04. The second-order valence-corrected chi connectivity index (χ2v) is 7.17. The van der Waals surface area contributed by atoms with Crippen LogP contribution in [-0.2, 0) is 6.42 Å². The molecule has 2 nitrogen and oxygen atoms in total. The monoisotopic (exact) mass is 352 g/mol. The molecule has 1 atom stereocenters. The fraction of sp³-hybridized carbons (Fsp3) is 0.214. The molecule has 3 aromatic rings. The third kappa shape index (κ3) is 2.74. The minimum Gasteiger partial charge on any atom is -0.312 e. The van der Waals surface area contributed by atoms with Gasteiger partial charge in [-0.3, -0.25) is 0 Å². The number of likely N-dealkylation sites (N-methyl/N-ethyl adjacent to an activating group) is 1. The van der Waals surface area contributed by atoms with Gasteiger partial charge in [0.2, 0.25) is 0 Å². The summed E-state index contributed by atoms with van der Waals surface area (Å²) in [5, 5.41) is 6.68. The summed E-state index contributed by atoms with van der Waals surface area (Å²) >= 11 is 7.17. The maximum absolute atomic E-state index is 4.71. The minimum absolute atomic E-state index is 0.315. The number of rotatable bonds is 4. The fourth-order valence-corrected chi connectivity index (χ4v) is 4.84. The SMILES string of the molecule is CNC(Cc1nc2ccccc2s1)c1sccc1Br. The zero-order valence-corrected chi connectivity index (χ0v) is 13.6. The first-order chi connectivity index (χ1) is 9.28. The van der Waals surface area contributed by atoms with E-state index >= 15 is 0 Å². The molecule has 19 heavy (non-hydrogen) atoms. The molecule has 0 saturated carbocycles. The van der Waals surface area contributed by atoms with Crippen molar-refractivity contribution in [1.82, 2.24) is 10.3 Å². The van der Waals surface area contributed by atoms with Crippen LogP contribution in [0.4, 0.5) is 0 Å². The van der Waals surface area contributed by atoms with Gasteiger partial charge in [0.05, 0.1) is 15.2 Å². The van der Waals surface area contributed by atoms with E-state index < -0.39 is 0 Å². The van der Waals surface area contributed by atoms with Crippen molar-refractivity contribution in [2.75, 3.05) is 7.05 Å². The highest BCUT2D eigenvalue weighted by Crippen LogP contribution is 2.32. The van der Waals surface area contributed by atoms with Crippen molar-refractivity contribution in [1.29, 1.82) is 0 Å². The van der Waals surface area contributed by atoms with Crippen molar-refractivity contribution < 1.29 is 0 Å². The molecule has 1 unspecified atom stereocenters. The van der Waals surface area contributed by atoms with Crippen LogP contribution in [0.5, 0.6) is 0 Å². The molecule has 0 aliphatic carbocycles. The third-order valence-corrected chi connectivity index (χ3v) is 6.07. The first kappa shape index (κ1) is 13.2. The van der Waals surface area contributed by atoms with Gasteiger partial charge in [0, 0.05) is 21.8 Å². The predicted octanol–water partition coefficient (Wildman–Crippen LogP) is 4.62. The molecule has 5 heteroatoms. The Morgan fingerprint density at radius 1 is 1.32 bits per heavy atom. The summed E-state index contributed by atoms with van der Waals surface area (Å²) in [6, 6.07) is 10.7. The molecule has 0 bridgehead atoms. The molecule has 0 aliphatic heterocycles. The summed E-state index contributed by atoms with van der Waals surface area (Å²) in [6.07, 6.45) is 0.926.